The summed E-state index contributed by atoms with van der Waals surface area (Å²) >= 11 is 0. The standard InChI is InChI=1S/C17H35N5O3S/c1-4-18-17(19-13-15(2)21-9-11-25-12-10-21)20-14-16-5-7-22(8-6-16)26(3,23)24/h15-16H,4-14H2,1-3H3,(H2,18,19,20). The summed E-state index contributed by atoms with van der Waals surface area (Å²) in [6, 6.07) is 0.396. The van der Waals surface area contributed by atoms with E-state index in [9.17, 15) is 8.42 Å². The molecule has 0 bridgehead atoms. The molecule has 8 nitrogen and oxygen atoms in total. The first-order chi connectivity index (χ1) is 12.4. The molecule has 9 heteroatoms. The lowest BCUT2D eigenvalue weighted by atomic mass is 9.98. The van der Waals surface area contributed by atoms with Crippen LogP contribution in [0.15, 0.2) is 4.99 Å². The fraction of sp³-hybridized carbons (Fsp3) is 0.941. The number of sulfonamides is 1. The lowest BCUT2D eigenvalue weighted by Crippen LogP contribution is -2.46. The molecule has 0 aromatic carbocycles. The van der Waals surface area contributed by atoms with Crippen molar-refractivity contribution < 1.29 is 13.2 Å². The number of nitrogens with zero attached hydrogens (tertiary/aromatic N) is 3. The van der Waals surface area contributed by atoms with Crippen molar-refractivity contribution in [3.05, 3.63) is 0 Å². The average molecular weight is 390 g/mol. The number of aliphatic imine (C=N–C) groups is 1. The number of hydrogen-bond acceptors (Lipinski definition) is 5. The molecular formula is C17H35N5O3S. The van der Waals surface area contributed by atoms with Crippen LogP contribution in [0.5, 0.6) is 0 Å². The molecular weight excluding hydrogens is 354 g/mol. The zero-order valence-electron chi connectivity index (χ0n) is 16.4. The van der Waals surface area contributed by atoms with Crippen LogP contribution in [0.1, 0.15) is 26.7 Å². The molecule has 26 heavy (non-hydrogen) atoms. The third-order valence-corrected chi connectivity index (χ3v) is 6.43. The summed E-state index contributed by atoms with van der Waals surface area (Å²) in [5.74, 6) is 1.33. The molecule has 2 rings (SSSR count). The number of guanidine groups is 1. The van der Waals surface area contributed by atoms with Gasteiger partial charge in [-0.15, -0.1) is 0 Å². The number of morpholine rings is 1. The summed E-state index contributed by atoms with van der Waals surface area (Å²) in [6.45, 7) is 11.5. The van der Waals surface area contributed by atoms with Crippen molar-refractivity contribution in [1.82, 2.24) is 19.8 Å². The second-order valence-corrected chi connectivity index (χ2v) is 9.19. The third-order valence-electron chi connectivity index (χ3n) is 5.13. The maximum atomic E-state index is 11.6. The van der Waals surface area contributed by atoms with E-state index in [0.717, 1.165) is 64.7 Å². The Morgan fingerprint density at radius 1 is 1.19 bits per heavy atom. The zero-order valence-corrected chi connectivity index (χ0v) is 17.2. The lowest BCUT2D eigenvalue weighted by Gasteiger charge is -2.32. The van der Waals surface area contributed by atoms with Crippen LogP contribution in [0.3, 0.4) is 0 Å². The summed E-state index contributed by atoms with van der Waals surface area (Å²) in [7, 11) is -3.05. The predicted molar refractivity (Wildman–Crippen MR) is 105 cm³/mol. The first-order valence-corrected chi connectivity index (χ1v) is 11.5. The molecule has 0 radical (unpaired) electrons. The number of nitrogens with one attached hydrogen (secondary N) is 2. The van der Waals surface area contributed by atoms with Crippen molar-refractivity contribution in [3.8, 4) is 0 Å². The zero-order chi connectivity index (χ0) is 19.0. The Morgan fingerprint density at radius 3 is 2.42 bits per heavy atom. The topological polar surface area (TPSA) is 86.3 Å². The van der Waals surface area contributed by atoms with Gasteiger partial charge in [-0.05, 0) is 32.6 Å². The van der Waals surface area contributed by atoms with Gasteiger partial charge in [0.15, 0.2) is 5.96 Å². The van der Waals surface area contributed by atoms with Gasteiger partial charge < -0.3 is 15.4 Å². The Bertz CT molecular complexity index is 541. The Morgan fingerprint density at radius 2 is 1.85 bits per heavy atom. The van der Waals surface area contributed by atoms with Crippen LogP contribution in [0.4, 0.5) is 0 Å². The van der Waals surface area contributed by atoms with Gasteiger partial charge in [0.1, 0.15) is 0 Å². The molecule has 2 heterocycles. The molecule has 2 N–H and O–H groups in total. The largest absolute Gasteiger partial charge is 0.379 e. The molecule has 2 aliphatic heterocycles. The Labute approximate surface area is 158 Å². The van der Waals surface area contributed by atoms with Crippen LogP contribution >= 0.6 is 0 Å². The van der Waals surface area contributed by atoms with Crippen molar-refractivity contribution >= 4 is 16.0 Å². The van der Waals surface area contributed by atoms with Crippen LogP contribution in [0.2, 0.25) is 0 Å². The molecule has 152 valence electrons. The van der Waals surface area contributed by atoms with Gasteiger partial charge in [-0.3, -0.25) is 9.89 Å². The fourth-order valence-corrected chi connectivity index (χ4v) is 4.26. The Kier molecular flexibility index (Phi) is 8.59. The second kappa shape index (κ2) is 10.4. The molecule has 2 saturated heterocycles. The van der Waals surface area contributed by atoms with Gasteiger partial charge in [0.2, 0.25) is 10.0 Å². The maximum absolute atomic E-state index is 11.6. The number of piperidine rings is 1. The minimum absolute atomic E-state index is 0.396. The molecule has 2 fully saturated rings. The normalized spacial score (nSPS) is 23.0. The average Bonchev–Trinajstić information content (AvgIpc) is 2.64. The quantitative estimate of drug-likeness (QED) is 0.468. The molecule has 0 aromatic rings. The smallest absolute Gasteiger partial charge is 0.211 e. The van der Waals surface area contributed by atoms with Crippen LogP contribution in [0.25, 0.3) is 0 Å². The second-order valence-electron chi connectivity index (χ2n) is 7.20. The highest BCUT2D eigenvalue weighted by atomic mass is 32.2. The van der Waals surface area contributed by atoms with E-state index in [1.807, 2.05) is 0 Å². The van der Waals surface area contributed by atoms with Gasteiger partial charge in [-0.2, -0.15) is 0 Å². The van der Waals surface area contributed by atoms with Gasteiger partial charge in [0.05, 0.1) is 26.0 Å². The Balaban J connectivity index is 1.76. The number of ether oxygens (including phenoxy) is 1. The molecule has 0 aliphatic carbocycles. The highest BCUT2D eigenvalue weighted by Gasteiger charge is 2.25. The molecule has 0 saturated carbocycles. The summed E-state index contributed by atoms with van der Waals surface area (Å²) in [6.07, 6.45) is 3.07. The van der Waals surface area contributed by atoms with Gasteiger partial charge in [-0.1, -0.05) is 0 Å². The molecule has 0 spiro atoms. The van der Waals surface area contributed by atoms with E-state index in [0.29, 0.717) is 25.0 Å². The Hall–Kier alpha value is -0.900. The highest BCUT2D eigenvalue weighted by Crippen LogP contribution is 2.18. The fourth-order valence-electron chi connectivity index (χ4n) is 3.38. The molecule has 1 atom stereocenters. The van der Waals surface area contributed by atoms with Gasteiger partial charge in [0, 0.05) is 45.3 Å². The monoisotopic (exact) mass is 389 g/mol. The van der Waals surface area contributed by atoms with E-state index in [4.69, 9.17) is 9.73 Å². The van der Waals surface area contributed by atoms with Gasteiger partial charge in [-0.25, -0.2) is 12.7 Å². The minimum Gasteiger partial charge on any atom is -0.379 e. The third kappa shape index (κ3) is 7.02. The maximum Gasteiger partial charge on any atom is 0.211 e. The van der Waals surface area contributed by atoms with Gasteiger partial charge >= 0.3 is 0 Å². The van der Waals surface area contributed by atoms with E-state index in [-0.39, 0.29) is 0 Å². The highest BCUT2D eigenvalue weighted by molar-refractivity contribution is 7.88. The first kappa shape index (κ1) is 21.4. The summed E-state index contributed by atoms with van der Waals surface area (Å²) in [5.41, 5.74) is 0. The van der Waals surface area contributed by atoms with E-state index >= 15 is 0 Å². The summed E-state index contributed by atoms with van der Waals surface area (Å²) < 4.78 is 30.2. The number of rotatable bonds is 7. The van der Waals surface area contributed by atoms with E-state index in [1.165, 1.54) is 6.26 Å². The lowest BCUT2D eigenvalue weighted by molar-refractivity contribution is 0.0220. The summed E-state index contributed by atoms with van der Waals surface area (Å²) in [5, 5.41) is 6.73. The van der Waals surface area contributed by atoms with Crippen molar-refractivity contribution in [1.29, 1.82) is 0 Å². The molecule has 2 aliphatic rings. The van der Waals surface area contributed by atoms with Crippen LogP contribution < -0.4 is 10.6 Å². The van der Waals surface area contributed by atoms with E-state index < -0.39 is 10.0 Å². The minimum atomic E-state index is -3.05. The number of hydrogen-bond donors (Lipinski definition) is 2. The van der Waals surface area contributed by atoms with Crippen molar-refractivity contribution in [2.75, 3.05) is 65.3 Å². The van der Waals surface area contributed by atoms with Gasteiger partial charge in [0.25, 0.3) is 0 Å². The van der Waals surface area contributed by atoms with Crippen LogP contribution in [0, 0.1) is 5.92 Å². The predicted octanol–water partition coefficient (Wildman–Crippen LogP) is -0.0662. The molecule has 1 unspecified atom stereocenters. The summed E-state index contributed by atoms with van der Waals surface area (Å²) in [4.78, 5) is 7.15. The first-order valence-electron chi connectivity index (χ1n) is 9.69. The SMILES string of the molecule is CCNC(=NCC(C)N1CCOCC1)NCC1CCN(S(C)(=O)=O)CC1. The van der Waals surface area contributed by atoms with Crippen LogP contribution in [-0.2, 0) is 14.8 Å². The van der Waals surface area contributed by atoms with Crippen molar-refractivity contribution in [2.24, 2.45) is 10.9 Å². The van der Waals surface area contributed by atoms with Crippen molar-refractivity contribution in [3.63, 3.8) is 0 Å². The van der Waals surface area contributed by atoms with E-state index in [2.05, 4.69) is 29.4 Å². The molecule has 0 aromatic heterocycles. The van der Waals surface area contributed by atoms with E-state index in [1.54, 1.807) is 4.31 Å². The molecule has 0 amide bonds. The van der Waals surface area contributed by atoms with Crippen LogP contribution in [-0.4, -0.2) is 94.9 Å². The van der Waals surface area contributed by atoms with Crippen molar-refractivity contribution in [2.45, 2.75) is 32.7 Å².